The van der Waals surface area contributed by atoms with Crippen LogP contribution in [0.15, 0.2) is 18.2 Å². The molecular weight excluding hydrogens is 174 g/mol. The van der Waals surface area contributed by atoms with Crippen molar-refractivity contribution in [3.8, 4) is 0 Å². The molecule has 3 heteroatoms. The van der Waals surface area contributed by atoms with E-state index in [9.17, 15) is 5.11 Å². The molecule has 0 aliphatic carbocycles. The van der Waals surface area contributed by atoms with Crippen molar-refractivity contribution in [3.05, 3.63) is 34.3 Å². The Morgan fingerprint density at radius 3 is 2.83 bits per heavy atom. The van der Waals surface area contributed by atoms with Crippen LogP contribution in [-0.2, 0) is 0 Å². The fraction of sp³-hybridized carbons (Fsp3) is 0.333. The second-order valence-corrected chi connectivity index (χ2v) is 3.18. The Kier molecular flexibility index (Phi) is 3.09. The molecule has 0 saturated carbocycles. The van der Waals surface area contributed by atoms with Crippen molar-refractivity contribution in [2.45, 2.75) is 13.0 Å². The highest BCUT2D eigenvalue weighted by atomic mass is 35.5. The SMILES string of the molecule is Cc1ccc(Cl)c([C@@H](O)CN)c1. The highest BCUT2D eigenvalue weighted by Crippen LogP contribution is 2.23. The zero-order chi connectivity index (χ0) is 9.14. The topological polar surface area (TPSA) is 46.2 Å². The first-order valence-electron chi connectivity index (χ1n) is 3.79. The summed E-state index contributed by atoms with van der Waals surface area (Å²) in [4.78, 5) is 0. The standard InChI is InChI=1S/C9H12ClNO/c1-6-2-3-8(10)7(4-6)9(12)5-11/h2-4,9,12H,5,11H2,1H3/t9-/m0/s1. The molecule has 0 aliphatic heterocycles. The molecule has 0 bridgehead atoms. The fourth-order valence-electron chi connectivity index (χ4n) is 1.05. The number of aliphatic hydroxyl groups excluding tert-OH is 1. The van der Waals surface area contributed by atoms with Crippen LogP contribution in [0.5, 0.6) is 0 Å². The van der Waals surface area contributed by atoms with Gasteiger partial charge in [-0.1, -0.05) is 29.3 Å². The van der Waals surface area contributed by atoms with Gasteiger partial charge in [-0.05, 0) is 13.0 Å². The normalized spacial score (nSPS) is 13.0. The lowest BCUT2D eigenvalue weighted by molar-refractivity contribution is 0.187. The summed E-state index contributed by atoms with van der Waals surface area (Å²) < 4.78 is 0. The molecule has 0 heterocycles. The monoisotopic (exact) mass is 185 g/mol. The summed E-state index contributed by atoms with van der Waals surface area (Å²) in [6.07, 6.45) is -0.655. The molecule has 0 amide bonds. The van der Waals surface area contributed by atoms with E-state index in [1.165, 1.54) is 0 Å². The molecule has 0 spiro atoms. The summed E-state index contributed by atoms with van der Waals surface area (Å²) in [5, 5.41) is 9.99. The van der Waals surface area contributed by atoms with Gasteiger partial charge >= 0.3 is 0 Å². The number of benzene rings is 1. The van der Waals surface area contributed by atoms with E-state index in [2.05, 4.69) is 0 Å². The molecule has 0 aliphatic rings. The Bertz CT molecular complexity index is 275. The molecule has 66 valence electrons. The molecule has 3 N–H and O–H groups in total. The Morgan fingerprint density at radius 1 is 1.58 bits per heavy atom. The molecule has 0 fully saturated rings. The number of hydrogen-bond donors (Lipinski definition) is 2. The quantitative estimate of drug-likeness (QED) is 0.736. The number of nitrogens with two attached hydrogens (primary N) is 1. The van der Waals surface area contributed by atoms with Crippen LogP contribution in [0.1, 0.15) is 17.2 Å². The maximum Gasteiger partial charge on any atom is 0.0926 e. The number of rotatable bonds is 2. The van der Waals surface area contributed by atoms with Gasteiger partial charge in [0, 0.05) is 17.1 Å². The lowest BCUT2D eigenvalue weighted by Gasteiger charge is -2.10. The fourth-order valence-corrected chi connectivity index (χ4v) is 1.29. The van der Waals surface area contributed by atoms with Crippen LogP contribution in [0, 0.1) is 6.92 Å². The van der Waals surface area contributed by atoms with E-state index in [1.807, 2.05) is 19.1 Å². The molecule has 1 rings (SSSR count). The van der Waals surface area contributed by atoms with E-state index < -0.39 is 6.10 Å². The average Bonchev–Trinajstić information content (AvgIpc) is 2.08. The summed E-state index contributed by atoms with van der Waals surface area (Å²) in [5.41, 5.74) is 7.09. The summed E-state index contributed by atoms with van der Waals surface area (Å²) in [6, 6.07) is 5.51. The highest BCUT2D eigenvalue weighted by molar-refractivity contribution is 6.31. The summed E-state index contributed by atoms with van der Waals surface area (Å²) in [5.74, 6) is 0. The molecular formula is C9H12ClNO. The minimum Gasteiger partial charge on any atom is -0.387 e. The molecule has 12 heavy (non-hydrogen) atoms. The minimum atomic E-state index is -0.655. The summed E-state index contributed by atoms with van der Waals surface area (Å²) >= 11 is 5.85. The third-order valence-electron chi connectivity index (χ3n) is 1.73. The number of halogens is 1. The average molecular weight is 186 g/mol. The van der Waals surface area contributed by atoms with Crippen LogP contribution in [-0.4, -0.2) is 11.7 Å². The summed E-state index contributed by atoms with van der Waals surface area (Å²) in [7, 11) is 0. The molecule has 0 saturated heterocycles. The first kappa shape index (κ1) is 9.52. The zero-order valence-corrected chi connectivity index (χ0v) is 7.67. The van der Waals surface area contributed by atoms with Gasteiger partial charge in [-0.25, -0.2) is 0 Å². The second kappa shape index (κ2) is 3.90. The van der Waals surface area contributed by atoms with E-state index in [0.717, 1.165) is 5.56 Å². The summed E-state index contributed by atoms with van der Waals surface area (Å²) in [6.45, 7) is 2.15. The van der Waals surface area contributed by atoms with Crippen LogP contribution in [0.3, 0.4) is 0 Å². The Morgan fingerprint density at radius 2 is 2.25 bits per heavy atom. The first-order chi connectivity index (χ1) is 5.65. The van der Waals surface area contributed by atoms with Gasteiger partial charge in [-0.15, -0.1) is 0 Å². The number of hydrogen-bond acceptors (Lipinski definition) is 2. The Balaban J connectivity index is 3.04. The van der Waals surface area contributed by atoms with Crippen molar-refractivity contribution in [2.75, 3.05) is 6.54 Å². The molecule has 0 radical (unpaired) electrons. The van der Waals surface area contributed by atoms with Gasteiger partial charge < -0.3 is 10.8 Å². The number of aliphatic hydroxyl groups is 1. The second-order valence-electron chi connectivity index (χ2n) is 2.78. The third-order valence-corrected chi connectivity index (χ3v) is 2.08. The Hall–Kier alpha value is -0.570. The molecule has 0 aromatic heterocycles. The maximum atomic E-state index is 9.43. The molecule has 1 aromatic carbocycles. The van der Waals surface area contributed by atoms with E-state index >= 15 is 0 Å². The van der Waals surface area contributed by atoms with E-state index in [-0.39, 0.29) is 6.54 Å². The maximum absolute atomic E-state index is 9.43. The van der Waals surface area contributed by atoms with Gasteiger partial charge in [0.1, 0.15) is 0 Å². The largest absolute Gasteiger partial charge is 0.387 e. The van der Waals surface area contributed by atoms with Crippen LogP contribution in [0.25, 0.3) is 0 Å². The molecule has 0 unspecified atom stereocenters. The molecule has 1 aromatic rings. The first-order valence-corrected chi connectivity index (χ1v) is 4.17. The highest BCUT2D eigenvalue weighted by Gasteiger charge is 2.08. The van der Waals surface area contributed by atoms with Crippen LogP contribution >= 0.6 is 11.6 Å². The van der Waals surface area contributed by atoms with Crippen molar-refractivity contribution >= 4 is 11.6 Å². The van der Waals surface area contributed by atoms with Crippen LogP contribution in [0.2, 0.25) is 5.02 Å². The van der Waals surface area contributed by atoms with Crippen molar-refractivity contribution in [2.24, 2.45) is 5.73 Å². The Labute approximate surface area is 77.0 Å². The lowest BCUT2D eigenvalue weighted by atomic mass is 10.1. The van der Waals surface area contributed by atoms with E-state index in [4.69, 9.17) is 17.3 Å². The van der Waals surface area contributed by atoms with Crippen molar-refractivity contribution in [1.29, 1.82) is 0 Å². The smallest absolute Gasteiger partial charge is 0.0926 e. The predicted molar refractivity (Wildman–Crippen MR) is 50.2 cm³/mol. The zero-order valence-electron chi connectivity index (χ0n) is 6.92. The predicted octanol–water partition coefficient (Wildman–Crippen LogP) is 1.64. The van der Waals surface area contributed by atoms with Gasteiger partial charge in [0.15, 0.2) is 0 Å². The molecule has 2 nitrogen and oxygen atoms in total. The van der Waals surface area contributed by atoms with E-state index in [1.54, 1.807) is 6.07 Å². The van der Waals surface area contributed by atoms with Crippen molar-refractivity contribution in [1.82, 2.24) is 0 Å². The van der Waals surface area contributed by atoms with Crippen molar-refractivity contribution < 1.29 is 5.11 Å². The van der Waals surface area contributed by atoms with E-state index in [0.29, 0.717) is 10.6 Å². The lowest BCUT2D eigenvalue weighted by Crippen LogP contribution is -2.12. The van der Waals surface area contributed by atoms with Gasteiger partial charge in [-0.2, -0.15) is 0 Å². The van der Waals surface area contributed by atoms with Gasteiger partial charge in [0.05, 0.1) is 6.10 Å². The minimum absolute atomic E-state index is 0.198. The number of aryl methyl sites for hydroxylation is 1. The van der Waals surface area contributed by atoms with Crippen LogP contribution < -0.4 is 5.73 Å². The third kappa shape index (κ3) is 1.97. The molecule has 1 atom stereocenters. The van der Waals surface area contributed by atoms with Crippen LogP contribution in [0.4, 0.5) is 0 Å². The van der Waals surface area contributed by atoms with Gasteiger partial charge in [0.25, 0.3) is 0 Å². The van der Waals surface area contributed by atoms with Gasteiger partial charge in [-0.3, -0.25) is 0 Å². The van der Waals surface area contributed by atoms with Gasteiger partial charge in [0.2, 0.25) is 0 Å². The van der Waals surface area contributed by atoms with Crippen molar-refractivity contribution in [3.63, 3.8) is 0 Å².